The average molecular weight is 338 g/mol. The van der Waals surface area contributed by atoms with Crippen LogP contribution >= 0.6 is 0 Å². The molecule has 1 N–H and O–H groups in total. The van der Waals surface area contributed by atoms with Gasteiger partial charge in [0.15, 0.2) is 6.10 Å². The van der Waals surface area contributed by atoms with Gasteiger partial charge < -0.3 is 10.0 Å². The van der Waals surface area contributed by atoms with Crippen molar-refractivity contribution in [3.8, 4) is 0 Å². The minimum atomic E-state index is -4.46. The summed E-state index contributed by atoms with van der Waals surface area (Å²) in [7, 11) is 1.50. The van der Waals surface area contributed by atoms with E-state index in [1.54, 1.807) is 12.3 Å². The lowest BCUT2D eigenvalue weighted by Crippen LogP contribution is -2.31. The van der Waals surface area contributed by atoms with Gasteiger partial charge in [-0.2, -0.15) is 13.2 Å². The number of amides is 1. The first kappa shape index (κ1) is 17.9. The van der Waals surface area contributed by atoms with Crippen LogP contribution in [0, 0.1) is 6.92 Å². The lowest BCUT2D eigenvalue weighted by atomic mass is 10.1. The van der Waals surface area contributed by atoms with Crippen LogP contribution in [-0.4, -0.2) is 27.9 Å². The van der Waals surface area contributed by atoms with Gasteiger partial charge in [-0.25, -0.2) is 0 Å². The van der Waals surface area contributed by atoms with Crippen molar-refractivity contribution in [1.29, 1.82) is 0 Å². The van der Waals surface area contributed by atoms with Gasteiger partial charge in [-0.3, -0.25) is 9.78 Å². The molecule has 1 aromatic heterocycles. The number of halogens is 3. The van der Waals surface area contributed by atoms with Gasteiger partial charge in [0.05, 0.1) is 17.8 Å². The van der Waals surface area contributed by atoms with Gasteiger partial charge >= 0.3 is 6.18 Å². The Bertz CT molecular complexity index is 715. The molecule has 24 heavy (non-hydrogen) atoms. The summed E-state index contributed by atoms with van der Waals surface area (Å²) in [6.07, 6.45) is -4.38. The van der Waals surface area contributed by atoms with Crippen LogP contribution in [0.25, 0.3) is 0 Å². The number of benzene rings is 1. The van der Waals surface area contributed by atoms with E-state index < -0.39 is 23.8 Å². The highest BCUT2D eigenvalue weighted by Crippen LogP contribution is 2.30. The van der Waals surface area contributed by atoms with Crippen LogP contribution in [-0.2, 0) is 17.5 Å². The van der Waals surface area contributed by atoms with E-state index in [0.29, 0.717) is 5.69 Å². The average Bonchev–Trinajstić information content (AvgIpc) is 2.55. The summed E-state index contributed by atoms with van der Waals surface area (Å²) in [6, 6.07) is 7.52. The summed E-state index contributed by atoms with van der Waals surface area (Å²) < 4.78 is 37.6. The molecule has 1 heterocycles. The molecular weight excluding hydrogens is 321 g/mol. The summed E-state index contributed by atoms with van der Waals surface area (Å²) in [5.41, 5.74) is 0.870. The number of nitrogens with zero attached hydrogens (tertiary/aromatic N) is 2. The maximum Gasteiger partial charge on any atom is 0.416 e. The molecule has 0 saturated heterocycles. The third-order valence-electron chi connectivity index (χ3n) is 3.67. The zero-order valence-corrected chi connectivity index (χ0v) is 13.2. The normalized spacial score (nSPS) is 12.8. The maximum atomic E-state index is 12.5. The maximum absolute atomic E-state index is 12.5. The predicted octanol–water partition coefficient (Wildman–Crippen LogP) is 3.10. The van der Waals surface area contributed by atoms with Crippen molar-refractivity contribution >= 4 is 5.91 Å². The lowest BCUT2D eigenvalue weighted by molar-refractivity contribution is -0.139. The highest BCUT2D eigenvalue weighted by molar-refractivity contribution is 5.81. The number of pyridine rings is 1. The molecule has 4 nitrogen and oxygen atoms in total. The summed E-state index contributed by atoms with van der Waals surface area (Å²) >= 11 is 0. The molecule has 0 saturated carbocycles. The molecule has 0 aliphatic carbocycles. The standard InChI is InChI=1S/C17H17F3N2O2/c1-11-4-3-9-21-14(11)10-22(2)16(24)15(23)12-5-7-13(8-6-12)17(18,19)20/h3-9,15,23H,10H2,1-2H3. The van der Waals surface area contributed by atoms with Crippen molar-refractivity contribution in [2.45, 2.75) is 25.7 Å². The second-order valence-corrected chi connectivity index (χ2v) is 5.48. The number of carbonyl (C=O) groups is 1. The predicted molar refractivity (Wildman–Crippen MR) is 81.9 cm³/mol. The van der Waals surface area contributed by atoms with Gasteiger partial charge in [-0.1, -0.05) is 18.2 Å². The van der Waals surface area contributed by atoms with E-state index in [9.17, 15) is 23.1 Å². The third kappa shape index (κ3) is 4.11. The molecule has 0 radical (unpaired) electrons. The van der Waals surface area contributed by atoms with Crippen LogP contribution in [0.3, 0.4) is 0 Å². The highest BCUT2D eigenvalue weighted by Gasteiger charge is 2.31. The number of aryl methyl sites for hydroxylation is 1. The van der Waals surface area contributed by atoms with Gasteiger partial charge in [0.2, 0.25) is 0 Å². The number of aliphatic hydroxyl groups is 1. The Morgan fingerprint density at radius 2 is 1.88 bits per heavy atom. The van der Waals surface area contributed by atoms with Gasteiger partial charge in [0.1, 0.15) is 0 Å². The van der Waals surface area contributed by atoms with Crippen molar-refractivity contribution < 1.29 is 23.1 Å². The first-order chi connectivity index (χ1) is 11.2. The molecule has 1 aromatic carbocycles. The van der Waals surface area contributed by atoms with Gasteiger partial charge in [-0.15, -0.1) is 0 Å². The number of rotatable bonds is 4. The van der Waals surface area contributed by atoms with Crippen molar-refractivity contribution in [1.82, 2.24) is 9.88 Å². The number of carbonyl (C=O) groups excluding carboxylic acids is 1. The Morgan fingerprint density at radius 1 is 1.25 bits per heavy atom. The van der Waals surface area contributed by atoms with Crippen molar-refractivity contribution in [2.75, 3.05) is 7.05 Å². The van der Waals surface area contributed by atoms with Crippen LogP contribution in [0.2, 0.25) is 0 Å². The number of alkyl halides is 3. The van der Waals surface area contributed by atoms with Crippen LogP contribution in [0.1, 0.15) is 28.5 Å². The molecule has 1 unspecified atom stereocenters. The van der Waals surface area contributed by atoms with Gasteiger partial charge in [0.25, 0.3) is 5.91 Å². The minimum Gasteiger partial charge on any atom is -0.378 e. The third-order valence-corrected chi connectivity index (χ3v) is 3.67. The molecule has 0 spiro atoms. The minimum absolute atomic E-state index is 0.109. The molecule has 128 valence electrons. The second-order valence-electron chi connectivity index (χ2n) is 5.48. The molecule has 2 rings (SSSR count). The molecule has 1 atom stereocenters. The largest absolute Gasteiger partial charge is 0.416 e. The van der Waals surface area contributed by atoms with Crippen LogP contribution in [0.15, 0.2) is 42.6 Å². The highest BCUT2D eigenvalue weighted by atomic mass is 19.4. The van der Waals surface area contributed by atoms with E-state index in [1.165, 1.54) is 11.9 Å². The van der Waals surface area contributed by atoms with E-state index in [1.807, 2.05) is 13.0 Å². The molecular formula is C17H17F3N2O2. The molecule has 0 aliphatic heterocycles. The first-order valence-electron chi connectivity index (χ1n) is 7.21. The van der Waals surface area contributed by atoms with Gasteiger partial charge in [-0.05, 0) is 36.2 Å². The fourth-order valence-corrected chi connectivity index (χ4v) is 2.19. The Kier molecular flexibility index (Phi) is 5.23. The lowest BCUT2D eigenvalue weighted by Gasteiger charge is -2.21. The summed E-state index contributed by atoms with van der Waals surface area (Å²) in [4.78, 5) is 17.7. The van der Waals surface area contributed by atoms with Crippen molar-refractivity contribution in [3.63, 3.8) is 0 Å². The van der Waals surface area contributed by atoms with Crippen molar-refractivity contribution in [2.24, 2.45) is 0 Å². The molecule has 1 amide bonds. The van der Waals surface area contributed by atoms with Crippen molar-refractivity contribution in [3.05, 3.63) is 65.0 Å². The Labute approximate surface area is 137 Å². The topological polar surface area (TPSA) is 53.4 Å². The Hall–Kier alpha value is -2.41. The zero-order chi connectivity index (χ0) is 17.9. The number of likely N-dealkylation sites (N-methyl/N-ethyl adjacent to an activating group) is 1. The Balaban J connectivity index is 2.10. The smallest absolute Gasteiger partial charge is 0.378 e. The molecule has 0 bridgehead atoms. The summed E-state index contributed by atoms with van der Waals surface area (Å²) in [5.74, 6) is -0.611. The van der Waals surface area contributed by atoms with Gasteiger partial charge in [0, 0.05) is 13.2 Å². The molecule has 0 fully saturated rings. The molecule has 2 aromatic rings. The van der Waals surface area contributed by atoms with Crippen LogP contribution in [0.4, 0.5) is 13.2 Å². The quantitative estimate of drug-likeness (QED) is 0.932. The fourth-order valence-electron chi connectivity index (χ4n) is 2.19. The number of hydrogen-bond donors (Lipinski definition) is 1. The molecule has 0 aliphatic rings. The fraction of sp³-hybridized carbons (Fsp3) is 0.294. The first-order valence-corrected chi connectivity index (χ1v) is 7.21. The van der Waals surface area contributed by atoms with E-state index in [2.05, 4.69) is 4.98 Å². The Morgan fingerprint density at radius 3 is 2.42 bits per heavy atom. The monoisotopic (exact) mass is 338 g/mol. The van der Waals surface area contributed by atoms with Crippen LogP contribution in [0.5, 0.6) is 0 Å². The summed E-state index contributed by atoms with van der Waals surface area (Å²) in [5, 5.41) is 10.1. The second kappa shape index (κ2) is 7.00. The zero-order valence-electron chi connectivity index (χ0n) is 13.2. The van der Waals surface area contributed by atoms with E-state index in [0.717, 1.165) is 29.8 Å². The number of aliphatic hydroxyl groups excluding tert-OH is 1. The number of aromatic nitrogens is 1. The molecule has 7 heteroatoms. The summed E-state index contributed by atoms with van der Waals surface area (Å²) in [6.45, 7) is 2.05. The van der Waals surface area contributed by atoms with E-state index in [-0.39, 0.29) is 12.1 Å². The van der Waals surface area contributed by atoms with E-state index >= 15 is 0 Å². The van der Waals surface area contributed by atoms with E-state index in [4.69, 9.17) is 0 Å². The van der Waals surface area contributed by atoms with Crippen LogP contribution < -0.4 is 0 Å². The SMILES string of the molecule is Cc1cccnc1CN(C)C(=O)C(O)c1ccc(C(F)(F)F)cc1. The number of hydrogen-bond acceptors (Lipinski definition) is 3.